The molecule has 2 aromatic heterocycles. The number of nitriles is 1. The van der Waals surface area contributed by atoms with Gasteiger partial charge in [-0.25, -0.2) is 9.37 Å². The van der Waals surface area contributed by atoms with Crippen LogP contribution in [-0.2, 0) is 7.05 Å². The Morgan fingerprint density at radius 3 is 2.79 bits per heavy atom. The van der Waals surface area contributed by atoms with E-state index in [0.717, 1.165) is 29.8 Å². The molecule has 2 aromatic carbocycles. The van der Waals surface area contributed by atoms with Gasteiger partial charge in [-0.3, -0.25) is 14.0 Å². The lowest BCUT2D eigenvalue weighted by atomic mass is 10.1. The number of amides is 1. The number of hydrogen-bond donors (Lipinski definition) is 1. The van der Waals surface area contributed by atoms with Crippen LogP contribution in [0.5, 0.6) is 0 Å². The summed E-state index contributed by atoms with van der Waals surface area (Å²) >= 11 is 0. The van der Waals surface area contributed by atoms with Gasteiger partial charge in [-0.15, -0.1) is 0 Å². The molecule has 4 aromatic rings. The summed E-state index contributed by atoms with van der Waals surface area (Å²) in [4.78, 5) is 19.0. The molecule has 1 aliphatic rings. The molecule has 0 aliphatic carbocycles. The van der Waals surface area contributed by atoms with E-state index in [9.17, 15) is 9.18 Å². The first-order valence-corrected chi connectivity index (χ1v) is 10.8. The number of aryl methyl sites for hydroxylation is 1. The molecule has 1 amide bonds. The van der Waals surface area contributed by atoms with Gasteiger partial charge in [0.15, 0.2) is 5.69 Å². The fourth-order valence-electron chi connectivity index (χ4n) is 4.33. The van der Waals surface area contributed by atoms with E-state index in [1.807, 2.05) is 0 Å². The number of imidazole rings is 1. The number of benzene rings is 2. The summed E-state index contributed by atoms with van der Waals surface area (Å²) in [6.07, 6.45) is 3.30. The lowest BCUT2D eigenvalue weighted by molar-refractivity contribution is 0.0698. The third-order valence-electron chi connectivity index (χ3n) is 5.98. The van der Waals surface area contributed by atoms with Crippen molar-refractivity contribution >= 4 is 16.8 Å². The lowest BCUT2D eigenvalue weighted by Crippen LogP contribution is -2.46. The van der Waals surface area contributed by atoms with E-state index in [1.54, 1.807) is 42.2 Å². The van der Waals surface area contributed by atoms with Gasteiger partial charge in [-0.1, -0.05) is 0 Å². The summed E-state index contributed by atoms with van der Waals surface area (Å²) in [7, 11) is 1.78. The Kier molecular flexibility index (Phi) is 5.34. The van der Waals surface area contributed by atoms with Gasteiger partial charge in [0.25, 0.3) is 5.91 Å². The van der Waals surface area contributed by atoms with E-state index in [4.69, 9.17) is 11.0 Å². The molecule has 34 heavy (non-hydrogen) atoms. The molecule has 1 saturated heterocycles. The average Bonchev–Trinajstić information content (AvgIpc) is 3.36. The van der Waals surface area contributed by atoms with Gasteiger partial charge in [-0.2, -0.15) is 14.8 Å². The SMILES string of the molecule is Cn1cc2cc(-n3c(-c4ccc(C#N)c(F)c4)nc(C(=O)N4CCC[C@@H](N)C4)c3F)ccc2n1. The van der Waals surface area contributed by atoms with Gasteiger partial charge < -0.3 is 10.6 Å². The third-order valence-corrected chi connectivity index (χ3v) is 5.98. The van der Waals surface area contributed by atoms with Crippen LogP contribution in [0.25, 0.3) is 28.0 Å². The maximum Gasteiger partial charge on any atom is 0.277 e. The topological polar surface area (TPSA) is 106 Å². The summed E-state index contributed by atoms with van der Waals surface area (Å²) in [5.74, 6) is -2.13. The number of carbonyl (C=O) groups is 1. The Hall–Kier alpha value is -4.10. The van der Waals surface area contributed by atoms with Gasteiger partial charge in [0.2, 0.25) is 5.95 Å². The number of nitrogens with zero attached hydrogens (tertiary/aromatic N) is 6. The van der Waals surface area contributed by atoms with Gasteiger partial charge in [-0.05, 0) is 49.2 Å². The van der Waals surface area contributed by atoms with Gasteiger partial charge >= 0.3 is 0 Å². The number of likely N-dealkylation sites (tertiary alicyclic amines) is 1. The van der Waals surface area contributed by atoms with E-state index < -0.39 is 17.7 Å². The molecule has 5 rings (SSSR count). The quantitative estimate of drug-likeness (QED) is 0.505. The van der Waals surface area contributed by atoms with Crippen molar-refractivity contribution in [1.82, 2.24) is 24.2 Å². The van der Waals surface area contributed by atoms with E-state index in [-0.39, 0.29) is 28.7 Å². The standard InChI is InChI=1S/C24H21F2N7O/c1-31-12-16-9-18(6-7-20(16)30-31)33-22(26)21(24(34)32-8-2-3-17(28)13-32)29-23(33)14-4-5-15(11-27)19(25)10-14/h4-7,9-10,12,17H,2-3,8,13,28H2,1H3/t17-/m1/s1. The van der Waals surface area contributed by atoms with E-state index in [1.165, 1.54) is 21.6 Å². The van der Waals surface area contributed by atoms with Crippen molar-refractivity contribution < 1.29 is 13.6 Å². The monoisotopic (exact) mass is 461 g/mol. The van der Waals surface area contributed by atoms with Crippen LogP contribution in [0.4, 0.5) is 8.78 Å². The molecule has 10 heteroatoms. The second-order valence-electron chi connectivity index (χ2n) is 8.42. The largest absolute Gasteiger partial charge is 0.336 e. The lowest BCUT2D eigenvalue weighted by Gasteiger charge is -2.30. The molecular formula is C24H21F2N7O. The van der Waals surface area contributed by atoms with Crippen molar-refractivity contribution in [1.29, 1.82) is 5.26 Å². The first-order valence-electron chi connectivity index (χ1n) is 10.8. The third kappa shape index (κ3) is 3.70. The molecule has 172 valence electrons. The number of halogens is 2. The molecule has 0 bridgehead atoms. The summed E-state index contributed by atoms with van der Waals surface area (Å²) in [6, 6.07) is 10.6. The Bertz CT molecular complexity index is 1470. The zero-order valence-corrected chi connectivity index (χ0v) is 18.4. The van der Waals surface area contributed by atoms with E-state index in [2.05, 4.69) is 10.1 Å². The fraction of sp³-hybridized carbons (Fsp3) is 0.250. The summed E-state index contributed by atoms with van der Waals surface area (Å²) < 4.78 is 33.1. The second-order valence-corrected chi connectivity index (χ2v) is 8.42. The smallest absolute Gasteiger partial charge is 0.277 e. The highest BCUT2D eigenvalue weighted by Gasteiger charge is 2.30. The second kappa shape index (κ2) is 8.35. The van der Waals surface area contributed by atoms with Crippen molar-refractivity contribution in [3.8, 4) is 23.1 Å². The number of rotatable bonds is 3. The predicted molar refractivity (Wildman–Crippen MR) is 121 cm³/mol. The average molecular weight is 461 g/mol. The van der Waals surface area contributed by atoms with Crippen LogP contribution in [0.15, 0.2) is 42.6 Å². The van der Waals surface area contributed by atoms with Crippen molar-refractivity contribution in [2.45, 2.75) is 18.9 Å². The Labute approximate surface area is 193 Å². The highest BCUT2D eigenvalue weighted by atomic mass is 19.1. The zero-order valence-electron chi connectivity index (χ0n) is 18.4. The number of nitrogens with two attached hydrogens (primary N) is 1. The first-order chi connectivity index (χ1) is 16.4. The van der Waals surface area contributed by atoms with E-state index in [0.29, 0.717) is 18.8 Å². The maximum atomic E-state index is 15.9. The van der Waals surface area contributed by atoms with Crippen LogP contribution in [-0.4, -0.2) is 49.3 Å². The van der Waals surface area contributed by atoms with E-state index >= 15 is 4.39 Å². The predicted octanol–water partition coefficient (Wildman–Crippen LogP) is 3.14. The first kappa shape index (κ1) is 21.7. The molecule has 0 radical (unpaired) electrons. The van der Waals surface area contributed by atoms with Gasteiger partial charge in [0.1, 0.15) is 17.7 Å². The Morgan fingerprint density at radius 1 is 1.24 bits per heavy atom. The molecule has 3 heterocycles. The molecule has 0 spiro atoms. The maximum absolute atomic E-state index is 15.9. The van der Waals surface area contributed by atoms with Gasteiger partial charge in [0, 0.05) is 43.3 Å². The summed E-state index contributed by atoms with van der Waals surface area (Å²) in [6.45, 7) is 0.773. The van der Waals surface area contributed by atoms with Crippen LogP contribution in [0.1, 0.15) is 28.9 Å². The summed E-state index contributed by atoms with van der Waals surface area (Å²) in [5.41, 5.74) is 6.86. The zero-order chi connectivity index (χ0) is 24.0. The molecule has 2 N–H and O–H groups in total. The van der Waals surface area contributed by atoms with Crippen LogP contribution < -0.4 is 5.73 Å². The van der Waals surface area contributed by atoms with Crippen molar-refractivity contribution in [2.75, 3.05) is 13.1 Å². The van der Waals surface area contributed by atoms with Crippen LogP contribution in [0, 0.1) is 23.1 Å². The molecule has 0 unspecified atom stereocenters. The molecule has 1 fully saturated rings. The van der Waals surface area contributed by atoms with Crippen LogP contribution in [0.2, 0.25) is 0 Å². The minimum Gasteiger partial charge on any atom is -0.336 e. The Balaban J connectivity index is 1.68. The molecule has 1 atom stereocenters. The van der Waals surface area contributed by atoms with Gasteiger partial charge in [0.05, 0.1) is 16.8 Å². The molecule has 1 aliphatic heterocycles. The van der Waals surface area contributed by atoms with Crippen LogP contribution >= 0.6 is 0 Å². The van der Waals surface area contributed by atoms with Crippen LogP contribution in [0.3, 0.4) is 0 Å². The summed E-state index contributed by atoms with van der Waals surface area (Å²) in [5, 5.41) is 14.2. The molecular weight excluding hydrogens is 440 g/mol. The number of fused-ring (bicyclic) bond motifs is 1. The van der Waals surface area contributed by atoms with Crippen molar-refractivity contribution in [3.05, 3.63) is 65.6 Å². The fourth-order valence-corrected chi connectivity index (χ4v) is 4.33. The highest BCUT2D eigenvalue weighted by Crippen LogP contribution is 2.29. The number of piperidine rings is 1. The molecule has 8 nitrogen and oxygen atoms in total. The molecule has 0 saturated carbocycles. The number of aromatic nitrogens is 4. The number of carbonyl (C=O) groups excluding carboxylic acids is 1. The highest BCUT2D eigenvalue weighted by molar-refractivity contribution is 5.93. The minimum atomic E-state index is -0.854. The Morgan fingerprint density at radius 2 is 2.06 bits per heavy atom. The minimum absolute atomic E-state index is 0.0498. The normalized spacial score (nSPS) is 16.1. The van der Waals surface area contributed by atoms with Crippen molar-refractivity contribution in [2.24, 2.45) is 12.8 Å². The van der Waals surface area contributed by atoms with Crippen molar-refractivity contribution in [3.63, 3.8) is 0 Å². The number of hydrogen-bond acceptors (Lipinski definition) is 5.